The fourth-order valence-corrected chi connectivity index (χ4v) is 1.50. The number of aromatic nitrogens is 3. The molecule has 0 spiro atoms. The third kappa shape index (κ3) is 3.38. The van der Waals surface area contributed by atoms with Crippen LogP contribution in [0.25, 0.3) is 0 Å². The topological polar surface area (TPSA) is 86.1 Å². The Morgan fingerprint density at radius 1 is 1.42 bits per heavy atom. The highest BCUT2D eigenvalue weighted by Crippen LogP contribution is 2.11. The molecule has 0 aliphatic rings. The fraction of sp³-hybridized carbons (Fsp3) is 0.167. The first-order chi connectivity index (χ1) is 9.19. The largest absolute Gasteiger partial charge is 0.465 e. The van der Waals surface area contributed by atoms with Gasteiger partial charge in [0.1, 0.15) is 19.2 Å². The SMILES string of the molecule is COC(=O)c1cccc(NC(=O)Cn2cncn2)c1. The van der Waals surface area contributed by atoms with E-state index in [0.29, 0.717) is 11.3 Å². The van der Waals surface area contributed by atoms with Gasteiger partial charge in [-0.05, 0) is 18.2 Å². The lowest BCUT2D eigenvalue weighted by atomic mass is 10.2. The van der Waals surface area contributed by atoms with Crippen LogP contribution in [0, 0.1) is 0 Å². The van der Waals surface area contributed by atoms with Gasteiger partial charge in [-0.3, -0.25) is 4.79 Å². The first-order valence-corrected chi connectivity index (χ1v) is 5.49. The molecule has 1 aromatic carbocycles. The summed E-state index contributed by atoms with van der Waals surface area (Å²) in [4.78, 5) is 26.8. The van der Waals surface area contributed by atoms with Gasteiger partial charge in [-0.1, -0.05) is 6.07 Å². The minimum atomic E-state index is -0.452. The number of methoxy groups -OCH3 is 1. The summed E-state index contributed by atoms with van der Waals surface area (Å²) in [6, 6.07) is 6.51. The predicted octanol–water partition coefficient (Wildman–Crippen LogP) is 0.703. The summed E-state index contributed by atoms with van der Waals surface area (Å²) in [5, 5.41) is 6.49. The van der Waals surface area contributed by atoms with Crippen molar-refractivity contribution in [3.8, 4) is 0 Å². The van der Waals surface area contributed by atoms with E-state index in [9.17, 15) is 9.59 Å². The van der Waals surface area contributed by atoms with Crippen molar-refractivity contribution in [2.24, 2.45) is 0 Å². The van der Waals surface area contributed by atoms with Crippen molar-refractivity contribution in [1.29, 1.82) is 0 Å². The Balaban J connectivity index is 2.02. The van der Waals surface area contributed by atoms with E-state index in [1.54, 1.807) is 24.3 Å². The lowest BCUT2D eigenvalue weighted by Crippen LogP contribution is -2.19. The molecule has 1 heterocycles. The molecule has 0 atom stereocenters. The van der Waals surface area contributed by atoms with Crippen LogP contribution in [0.15, 0.2) is 36.9 Å². The van der Waals surface area contributed by atoms with Gasteiger partial charge in [-0.25, -0.2) is 14.5 Å². The van der Waals surface area contributed by atoms with Crippen molar-refractivity contribution in [2.45, 2.75) is 6.54 Å². The number of nitrogens with zero attached hydrogens (tertiary/aromatic N) is 3. The number of nitrogens with one attached hydrogen (secondary N) is 1. The third-order valence-corrected chi connectivity index (χ3v) is 2.34. The summed E-state index contributed by atoms with van der Waals surface area (Å²) < 4.78 is 6.01. The van der Waals surface area contributed by atoms with Crippen LogP contribution < -0.4 is 5.32 Å². The van der Waals surface area contributed by atoms with Crippen LogP contribution in [0.4, 0.5) is 5.69 Å². The second-order valence-corrected chi connectivity index (χ2v) is 3.71. The van der Waals surface area contributed by atoms with Crippen molar-refractivity contribution >= 4 is 17.6 Å². The molecule has 0 radical (unpaired) electrons. The summed E-state index contributed by atoms with van der Waals surface area (Å²) >= 11 is 0. The number of hydrogen-bond acceptors (Lipinski definition) is 5. The lowest BCUT2D eigenvalue weighted by molar-refractivity contribution is -0.116. The molecule has 0 unspecified atom stereocenters. The molecule has 19 heavy (non-hydrogen) atoms. The van der Waals surface area contributed by atoms with E-state index in [0.717, 1.165) is 0 Å². The number of rotatable bonds is 4. The van der Waals surface area contributed by atoms with Crippen LogP contribution in [0.5, 0.6) is 0 Å². The summed E-state index contributed by atoms with van der Waals surface area (Å²) in [5.41, 5.74) is 0.897. The minimum Gasteiger partial charge on any atom is -0.465 e. The van der Waals surface area contributed by atoms with Gasteiger partial charge >= 0.3 is 5.97 Å². The number of hydrogen-bond donors (Lipinski definition) is 1. The van der Waals surface area contributed by atoms with E-state index in [1.807, 2.05) is 0 Å². The van der Waals surface area contributed by atoms with E-state index >= 15 is 0 Å². The van der Waals surface area contributed by atoms with Gasteiger partial charge in [0, 0.05) is 5.69 Å². The molecule has 1 amide bonds. The zero-order valence-corrected chi connectivity index (χ0v) is 10.2. The summed E-state index contributed by atoms with van der Waals surface area (Å²) in [7, 11) is 1.30. The van der Waals surface area contributed by atoms with Gasteiger partial charge in [0.25, 0.3) is 0 Å². The molecule has 0 saturated carbocycles. The van der Waals surface area contributed by atoms with Crippen LogP contribution >= 0.6 is 0 Å². The first-order valence-electron chi connectivity index (χ1n) is 5.49. The Labute approximate surface area is 109 Å². The number of carbonyl (C=O) groups excluding carboxylic acids is 2. The first kappa shape index (κ1) is 12.7. The van der Waals surface area contributed by atoms with Crippen LogP contribution in [0.2, 0.25) is 0 Å². The molecule has 0 aliphatic carbocycles. The van der Waals surface area contributed by atoms with Crippen LogP contribution in [0.1, 0.15) is 10.4 Å². The smallest absolute Gasteiger partial charge is 0.337 e. The second-order valence-electron chi connectivity index (χ2n) is 3.71. The van der Waals surface area contributed by atoms with Crippen molar-refractivity contribution in [3.05, 3.63) is 42.5 Å². The average Bonchev–Trinajstić information content (AvgIpc) is 2.90. The molecule has 1 N–H and O–H groups in total. The number of amides is 1. The predicted molar refractivity (Wildman–Crippen MR) is 66.4 cm³/mol. The Morgan fingerprint density at radius 2 is 2.26 bits per heavy atom. The van der Waals surface area contributed by atoms with Gasteiger partial charge in [0.05, 0.1) is 12.7 Å². The lowest BCUT2D eigenvalue weighted by Gasteiger charge is -2.06. The van der Waals surface area contributed by atoms with E-state index in [4.69, 9.17) is 0 Å². The zero-order valence-electron chi connectivity index (χ0n) is 10.2. The molecule has 0 bridgehead atoms. The number of carbonyl (C=O) groups is 2. The summed E-state index contributed by atoms with van der Waals surface area (Å²) in [6.45, 7) is 0.0580. The molecular weight excluding hydrogens is 248 g/mol. The second kappa shape index (κ2) is 5.76. The van der Waals surface area contributed by atoms with Crippen molar-refractivity contribution in [1.82, 2.24) is 14.8 Å². The van der Waals surface area contributed by atoms with E-state index < -0.39 is 5.97 Å². The highest BCUT2D eigenvalue weighted by atomic mass is 16.5. The van der Waals surface area contributed by atoms with Crippen molar-refractivity contribution in [3.63, 3.8) is 0 Å². The molecule has 0 aliphatic heterocycles. The van der Waals surface area contributed by atoms with Gasteiger partial charge in [0.15, 0.2) is 0 Å². The van der Waals surface area contributed by atoms with Gasteiger partial charge in [0.2, 0.25) is 5.91 Å². The monoisotopic (exact) mass is 260 g/mol. The minimum absolute atomic E-state index is 0.0580. The third-order valence-electron chi connectivity index (χ3n) is 2.34. The molecule has 0 saturated heterocycles. The molecule has 1 aromatic heterocycles. The van der Waals surface area contributed by atoms with E-state index in [2.05, 4.69) is 20.1 Å². The van der Waals surface area contributed by atoms with Gasteiger partial charge < -0.3 is 10.1 Å². The molecule has 7 nitrogen and oxygen atoms in total. The normalized spacial score (nSPS) is 9.95. The maximum Gasteiger partial charge on any atom is 0.337 e. The highest BCUT2D eigenvalue weighted by Gasteiger charge is 2.08. The summed E-state index contributed by atoms with van der Waals surface area (Å²) in [5.74, 6) is -0.708. The standard InChI is InChI=1S/C12H12N4O3/c1-19-12(18)9-3-2-4-10(5-9)15-11(17)6-16-8-13-7-14-16/h2-5,7-8H,6H2,1H3,(H,15,17). The molecular formula is C12H12N4O3. The van der Waals surface area contributed by atoms with Crippen LogP contribution in [-0.2, 0) is 16.1 Å². The number of anilines is 1. The van der Waals surface area contributed by atoms with Crippen LogP contribution in [-0.4, -0.2) is 33.8 Å². The zero-order chi connectivity index (χ0) is 13.7. The van der Waals surface area contributed by atoms with Crippen LogP contribution in [0.3, 0.4) is 0 Å². The average molecular weight is 260 g/mol. The molecule has 98 valence electrons. The van der Waals surface area contributed by atoms with E-state index in [-0.39, 0.29) is 12.5 Å². The Bertz CT molecular complexity index is 580. The van der Waals surface area contributed by atoms with Crippen molar-refractivity contribution < 1.29 is 14.3 Å². The number of benzene rings is 1. The Kier molecular flexibility index (Phi) is 3.87. The number of ether oxygens (including phenoxy) is 1. The van der Waals surface area contributed by atoms with E-state index in [1.165, 1.54) is 24.4 Å². The molecule has 2 rings (SSSR count). The van der Waals surface area contributed by atoms with Gasteiger partial charge in [-0.2, -0.15) is 5.10 Å². The molecule has 7 heteroatoms. The number of esters is 1. The highest BCUT2D eigenvalue weighted by molar-refractivity contribution is 5.94. The van der Waals surface area contributed by atoms with Gasteiger partial charge in [-0.15, -0.1) is 0 Å². The fourth-order valence-electron chi connectivity index (χ4n) is 1.50. The Hall–Kier alpha value is -2.70. The quantitative estimate of drug-likeness (QED) is 0.818. The molecule has 2 aromatic rings. The maximum absolute atomic E-state index is 11.7. The van der Waals surface area contributed by atoms with Crippen molar-refractivity contribution in [2.75, 3.05) is 12.4 Å². The Morgan fingerprint density at radius 3 is 2.95 bits per heavy atom. The molecule has 0 fully saturated rings. The maximum atomic E-state index is 11.7. The summed E-state index contributed by atoms with van der Waals surface area (Å²) in [6.07, 6.45) is 2.80.